The molecule has 0 aliphatic carbocycles. The molecule has 0 heterocycles. The Labute approximate surface area is 147 Å². The van der Waals surface area contributed by atoms with E-state index >= 15 is 0 Å². The highest BCUT2D eigenvalue weighted by Crippen LogP contribution is 2.22. The Balaban J connectivity index is 1.93. The third kappa shape index (κ3) is 4.59. The van der Waals surface area contributed by atoms with Gasteiger partial charge >= 0.3 is 0 Å². The van der Waals surface area contributed by atoms with E-state index in [1.54, 1.807) is 6.21 Å². The third-order valence-electron chi connectivity index (χ3n) is 3.83. The summed E-state index contributed by atoms with van der Waals surface area (Å²) < 4.78 is 0. The molecule has 2 aromatic rings. The number of anilines is 1. The molecule has 0 atom stereocenters. The Morgan fingerprint density at radius 2 is 1.83 bits per heavy atom. The highest BCUT2D eigenvalue weighted by atomic mass is 35.5. The number of aryl methyl sites for hydroxylation is 3. The van der Waals surface area contributed by atoms with Crippen molar-refractivity contribution < 1.29 is 4.79 Å². The van der Waals surface area contributed by atoms with Crippen LogP contribution in [0.25, 0.3) is 0 Å². The number of hydrogen-bond acceptors (Lipinski definition) is 3. The Kier molecular flexibility index (Phi) is 5.99. The number of halogens is 1. The molecule has 0 unspecified atom stereocenters. The van der Waals surface area contributed by atoms with Crippen LogP contribution in [0.15, 0.2) is 35.4 Å². The number of hydrogen-bond donors (Lipinski definition) is 2. The smallest absolute Gasteiger partial charge is 0.259 e. The van der Waals surface area contributed by atoms with Crippen molar-refractivity contribution in [1.29, 1.82) is 0 Å². The van der Waals surface area contributed by atoms with Crippen molar-refractivity contribution in [2.75, 3.05) is 11.9 Å². The SMILES string of the molecule is Cc1cc(C)c(/C=N\NC(=O)CNc2cccc(Cl)c2C)c(C)c1. The van der Waals surface area contributed by atoms with Gasteiger partial charge in [0.1, 0.15) is 0 Å². The highest BCUT2D eigenvalue weighted by Gasteiger charge is 2.05. The molecule has 2 rings (SSSR count). The minimum absolute atomic E-state index is 0.129. The number of rotatable bonds is 5. The van der Waals surface area contributed by atoms with Crippen LogP contribution in [0.5, 0.6) is 0 Å². The zero-order valence-electron chi connectivity index (χ0n) is 14.4. The van der Waals surface area contributed by atoms with Crippen molar-refractivity contribution in [2.24, 2.45) is 5.10 Å². The molecule has 0 fully saturated rings. The molecule has 0 spiro atoms. The van der Waals surface area contributed by atoms with E-state index in [-0.39, 0.29) is 12.5 Å². The van der Waals surface area contributed by atoms with Crippen LogP contribution < -0.4 is 10.7 Å². The van der Waals surface area contributed by atoms with Crippen molar-refractivity contribution in [2.45, 2.75) is 27.7 Å². The van der Waals surface area contributed by atoms with Crippen LogP contribution in [0.2, 0.25) is 5.02 Å². The maximum absolute atomic E-state index is 11.9. The minimum Gasteiger partial charge on any atom is -0.376 e. The fourth-order valence-electron chi connectivity index (χ4n) is 2.58. The van der Waals surface area contributed by atoms with E-state index in [0.717, 1.165) is 27.9 Å². The first-order valence-electron chi connectivity index (χ1n) is 7.77. The van der Waals surface area contributed by atoms with Gasteiger partial charge in [0.15, 0.2) is 0 Å². The van der Waals surface area contributed by atoms with Gasteiger partial charge in [-0.1, -0.05) is 35.4 Å². The van der Waals surface area contributed by atoms with E-state index in [9.17, 15) is 4.79 Å². The maximum atomic E-state index is 11.9. The molecule has 2 N–H and O–H groups in total. The fraction of sp³-hybridized carbons (Fsp3) is 0.263. The van der Waals surface area contributed by atoms with Crippen molar-refractivity contribution in [1.82, 2.24) is 5.43 Å². The van der Waals surface area contributed by atoms with Gasteiger partial charge < -0.3 is 5.32 Å². The predicted octanol–water partition coefficient (Wildman–Crippen LogP) is 4.14. The monoisotopic (exact) mass is 343 g/mol. The van der Waals surface area contributed by atoms with Gasteiger partial charge in [0.05, 0.1) is 12.8 Å². The molecular weight excluding hydrogens is 322 g/mol. The topological polar surface area (TPSA) is 53.5 Å². The fourth-order valence-corrected chi connectivity index (χ4v) is 2.75. The molecule has 126 valence electrons. The Morgan fingerprint density at radius 1 is 1.17 bits per heavy atom. The van der Waals surface area contributed by atoms with Crippen molar-refractivity contribution >= 4 is 29.4 Å². The number of carbonyl (C=O) groups is 1. The lowest BCUT2D eigenvalue weighted by Crippen LogP contribution is -2.26. The first-order chi connectivity index (χ1) is 11.4. The van der Waals surface area contributed by atoms with Gasteiger partial charge in [-0.2, -0.15) is 5.10 Å². The summed E-state index contributed by atoms with van der Waals surface area (Å²) >= 11 is 6.06. The van der Waals surface area contributed by atoms with Gasteiger partial charge in [-0.15, -0.1) is 0 Å². The van der Waals surface area contributed by atoms with Gasteiger partial charge in [-0.3, -0.25) is 4.79 Å². The molecule has 0 radical (unpaired) electrons. The summed E-state index contributed by atoms with van der Waals surface area (Å²) in [6.07, 6.45) is 1.69. The molecule has 0 saturated heterocycles. The van der Waals surface area contributed by atoms with E-state index in [1.165, 1.54) is 5.56 Å². The van der Waals surface area contributed by atoms with Gasteiger partial charge in [-0.05, 0) is 56.5 Å². The van der Waals surface area contributed by atoms with Crippen molar-refractivity contribution in [3.8, 4) is 0 Å². The summed E-state index contributed by atoms with van der Waals surface area (Å²) in [7, 11) is 0. The zero-order chi connectivity index (χ0) is 17.7. The molecule has 0 aliphatic rings. The second-order valence-corrected chi connectivity index (χ2v) is 6.28. The molecule has 2 aromatic carbocycles. The van der Waals surface area contributed by atoms with Crippen LogP contribution in [-0.4, -0.2) is 18.7 Å². The van der Waals surface area contributed by atoms with Gasteiger partial charge in [0.2, 0.25) is 0 Å². The normalized spacial score (nSPS) is 10.9. The third-order valence-corrected chi connectivity index (χ3v) is 4.24. The summed E-state index contributed by atoms with van der Waals surface area (Å²) in [6.45, 7) is 8.17. The maximum Gasteiger partial charge on any atom is 0.259 e. The molecule has 0 aromatic heterocycles. The lowest BCUT2D eigenvalue weighted by Gasteiger charge is -2.10. The molecule has 0 bridgehead atoms. The summed E-state index contributed by atoms with van der Waals surface area (Å²) in [4.78, 5) is 11.9. The predicted molar refractivity (Wildman–Crippen MR) is 101 cm³/mol. The molecular formula is C19H22ClN3O. The van der Waals surface area contributed by atoms with Crippen LogP contribution in [0.3, 0.4) is 0 Å². The molecule has 4 nitrogen and oxygen atoms in total. The Bertz CT molecular complexity index is 761. The lowest BCUT2D eigenvalue weighted by molar-refractivity contribution is -0.119. The van der Waals surface area contributed by atoms with Crippen molar-refractivity contribution in [3.63, 3.8) is 0 Å². The first-order valence-corrected chi connectivity index (χ1v) is 8.15. The average molecular weight is 344 g/mol. The number of hydrazone groups is 1. The molecule has 5 heteroatoms. The van der Waals surface area contributed by atoms with Crippen LogP contribution in [0.4, 0.5) is 5.69 Å². The van der Waals surface area contributed by atoms with Crippen molar-refractivity contribution in [3.05, 3.63) is 63.2 Å². The highest BCUT2D eigenvalue weighted by molar-refractivity contribution is 6.31. The second-order valence-electron chi connectivity index (χ2n) is 5.87. The number of amides is 1. The number of nitrogens with one attached hydrogen (secondary N) is 2. The van der Waals surface area contributed by atoms with E-state index < -0.39 is 0 Å². The molecule has 1 amide bonds. The second kappa shape index (κ2) is 7.97. The van der Waals surface area contributed by atoms with E-state index in [1.807, 2.05) is 39.0 Å². The van der Waals surface area contributed by atoms with Gasteiger partial charge in [0.25, 0.3) is 5.91 Å². The number of carbonyl (C=O) groups excluding carboxylic acids is 1. The standard InChI is InChI=1S/C19H22ClN3O/c1-12-8-13(2)16(14(3)9-12)10-22-23-19(24)11-21-18-7-5-6-17(20)15(18)4/h5-10,21H,11H2,1-4H3,(H,23,24)/b22-10-. The van der Waals surface area contributed by atoms with Gasteiger partial charge in [-0.25, -0.2) is 5.43 Å². The number of benzene rings is 2. The molecule has 0 aliphatic heterocycles. The van der Waals surface area contributed by atoms with Gasteiger partial charge in [0, 0.05) is 16.3 Å². The Hall–Kier alpha value is -2.33. The lowest BCUT2D eigenvalue weighted by atomic mass is 10.0. The van der Waals surface area contributed by atoms with E-state index in [0.29, 0.717) is 5.02 Å². The first kappa shape index (κ1) is 18.0. The van der Waals surface area contributed by atoms with E-state index in [2.05, 4.69) is 34.9 Å². The van der Waals surface area contributed by atoms with Crippen LogP contribution in [0.1, 0.15) is 27.8 Å². The largest absolute Gasteiger partial charge is 0.376 e. The molecule has 0 saturated carbocycles. The van der Waals surface area contributed by atoms with Crippen LogP contribution in [0, 0.1) is 27.7 Å². The zero-order valence-corrected chi connectivity index (χ0v) is 15.2. The van der Waals surface area contributed by atoms with E-state index in [4.69, 9.17) is 11.6 Å². The minimum atomic E-state index is -0.215. The summed E-state index contributed by atoms with van der Waals surface area (Å²) in [5.74, 6) is -0.215. The summed E-state index contributed by atoms with van der Waals surface area (Å²) in [6, 6.07) is 9.74. The Morgan fingerprint density at radius 3 is 2.50 bits per heavy atom. The number of nitrogens with zero attached hydrogens (tertiary/aromatic N) is 1. The quantitative estimate of drug-likeness (QED) is 0.633. The molecule has 24 heavy (non-hydrogen) atoms. The summed E-state index contributed by atoms with van der Waals surface area (Å²) in [5, 5.41) is 7.79. The summed E-state index contributed by atoms with van der Waals surface area (Å²) in [5.41, 5.74) is 8.81. The van der Waals surface area contributed by atoms with Crippen LogP contribution in [-0.2, 0) is 4.79 Å². The average Bonchev–Trinajstić information content (AvgIpc) is 2.51. The van der Waals surface area contributed by atoms with Crippen LogP contribution >= 0.6 is 11.6 Å².